The van der Waals surface area contributed by atoms with Gasteiger partial charge < -0.3 is 5.32 Å². The van der Waals surface area contributed by atoms with Gasteiger partial charge >= 0.3 is 0 Å². The fraction of sp³-hybridized carbons (Fsp3) is 0.529. The van der Waals surface area contributed by atoms with Crippen LogP contribution in [-0.2, 0) is 6.42 Å². The van der Waals surface area contributed by atoms with E-state index in [9.17, 15) is 8.78 Å². The summed E-state index contributed by atoms with van der Waals surface area (Å²) < 4.78 is 26.4. The van der Waals surface area contributed by atoms with Crippen LogP contribution >= 0.6 is 0 Å². The topological polar surface area (TPSA) is 12.0 Å². The van der Waals surface area contributed by atoms with Gasteiger partial charge in [-0.25, -0.2) is 8.78 Å². The zero-order valence-corrected chi connectivity index (χ0v) is 12.3. The number of hydrogen-bond donors (Lipinski definition) is 1. The van der Waals surface area contributed by atoms with Gasteiger partial charge in [-0.3, -0.25) is 0 Å². The highest BCUT2D eigenvalue weighted by molar-refractivity contribution is 5.19. The summed E-state index contributed by atoms with van der Waals surface area (Å²) >= 11 is 0. The molecule has 0 radical (unpaired) electrons. The largest absolute Gasteiger partial charge is 0.314 e. The van der Waals surface area contributed by atoms with Crippen LogP contribution in [0.15, 0.2) is 30.9 Å². The summed E-state index contributed by atoms with van der Waals surface area (Å²) in [5.74, 6) is -0.998. The second kappa shape index (κ2) is 9.65. The number of likely N-dealkylation sites (N-methyl/N-ethyl adjacent to an activating group) is 1. The van der Waals surface area contributed by atoms with E-state index in [1.54, 1.807) is 0 Å². The van der Waals surface area contributed by atoms with Crippen molar-refractivity contribution in [3.05, 3.63) is 48.1 Å². The maximum Gasteiger partial charge on any atom is 0.126 e. The lowest BCUT2D eigenvalue weighted by atomic mass is 9.99. The maximum atomic E-state index is 13.2. The van der Waals surface area contributed by atoms with Crippen LogP contribution in [0, 0.1) is 11.6 Å². The summed E-state index contributed by atoms with van der Waals surface area (Å²) in [5, 5.41) is 3.40. The van der Waals surface area contributed by atoms with Crippen molar-refractivity contribution >= 4 is 0 Å². The molecule has 1 unspecified atom stereocenters. The molecular weight excluding hydrogens is 256 g/mol. The van der Waals surface area contributed by atoms with Gasteiger partial charge in [0.1, 0.15) is 11.6 Å². The van der Waals surface area contributed by atoms with Crippen LogP contribution in [0.5, 0.6) is 0 Å². The first-order valence-electron chi connectivity index (χ1n) is 7.45. The standard InChI is InChI=1S/C17H25F2N/c1-3-5-6-7-8-9-17(20-4-2)12-14-10-15(18)13-16(19)11-14/h3,10-11,13,17,20H,1,4-9,12H2,2H3. The van der Waals surface area contributed by atoms with Gasteiger partial charge in [0, 0.05) is 12.1 Å². The van der Waals surface area contributed by atoms with Crippen molar-refractivity contribution in [2.24, 2.45) is 0 Å². The van der Waals surface area contributed by atoms with Crippen LogP contribution in [0.2, 0.25) is 0 Å². The van der Waals surface area contributed by atoms with Gasteiger partial charge in [-0.05, 0) is 49.9 Å². The highest BCUT2D eigenvalue weighted by Gasteiger charge is 2.10. The monoisotopic (exact) mass is 281 g/mol. The summed E-state index contributed by atoms with van der Waals surface area (Å²) in [7, 11) is 0. The van der Waals surface area contributed by atoms with Crippen LogP contribution < -0.4 is 5.32 Å². The normalized spacial score (nSPS) is 12.3. The predicted molar refractivity (Wildman–Crippen MR) is 80.8 cm³/mol. The number of unbranched alkanes of at least 4 members (excludes halogenated alkanes) is 3. The lowest BCUT2D eigenvalue weighted by Gasteiger charge is -2.18. The van der Waals surface area contributed by atoms with E-state index >= 15 is 0 Å². The van der Waals surface area contributed by atoms with E-state index in [1.165, 1.54) is 18.6 Å². The molecule has 0 fully saturated rings. The Hall–Kier alpha value is -1.22. The van der Waals surface area contributed by atoms with Crippen molar-refractivity contribution in [2.45, 2.75) is 51.5 Å². The zero-order chi connectivity index (χ0) is 14.8. The van der Waals surface area contributed by atoms with Gasteiger partial charge in [0.15, 0.2) is 0 Å². The Morgan fingerprint density at radius 2 is 1.85 bits per heavy atom. The SMILES string of the molecule is C=CCCCCCC(Cc1cc(F)cc(F)c1)NCC. The summed E-state index contributed by atoms with van der Waals surface area (Å²) in [6.07, 6.45) is 8.16. The molecule has 0 amide bonds. The minimum atomic E-state index is -0.499. The van der Waals surface area contributed by atoms with Gasteiger partial charge in [0.25, 0.3) is 0 Å². The van der Waals surface area contributed by atoms with Crippen molar-refractivity contribution in [1.82, 2.24) is 5.32 Å². The molecule has 3 heteroatoms. The van der Waals surface area contributed by atoms with Crippen LogP contribution in [-0.4, -0.2) is 12.6 Å². The molecule has 1 N–H and O–H groups in total. The number of benzene rings is 1. The summed E-state index contributed by atoms with van der Waals surface area (Å²) in [5.41, 5.74) is 0.722. The number of nitrogens with one attached hydrogen (secondary N) is 1. The fourth-order valence-corrected chi connectivity index (χ4v) is 2.43. The lowest BCUT2D eigenvalue weighted by Crippen LogP contribution is -2.31. The minimum absolute atomic E-state index is 0.282. The second-order valence-electron chi connectivity index (χ2n) is 5.16. The molecule has 0 heterocycles. The molecule has 1 aromatic rings. The van der Waals surface area contributed by atoms with Gasteiger partial charge in [-0.15, -0.1) is 6.58 Å². The quantitative estimate of drug-likeness (QED) is 0.487. The molecular formula is C17H25F2N. The molecule has 1 rings (SSSR count). The highest BCUT2D eigenvalue weighted by atomic mass is 19.1. The van der Waals surface area contributed by atoms with E-state index in [1.807, 2.05) is 6.08 Å². The molecule has 1 aromatic carbocycles. The fourth-order valence-electron chi connectivity index (χ4n) is 2.43. The van der Waals surface area contributed by atoms with Gasteiger partial charge in [-0.2, -0.15) is 0 Å². The van der Waals surface area contributed by atoms with E-state index in [2.05, 4.69) is 18.8 Å². The number of rotatable bonds is 10. The summed E-state index contributed by atoms with van der Waals surface area (Å²) in [4.78, 5) is 0. The lowest BCUT2D eigenvalue weighted by molar-refractivity contribution is 0.462. The molecule has 0 spiro atoms. The first-order chi connectivity index (χ1) is 9.65. The van der Waals surface area contributed by atoms with Crippen molar-refractivity contribution < 1.29 is 8.78 Å². The van der Waals surface area contributed by atoms with E-state index in [4.69, 9.17) is 0 Å². The third-order valence-electron chi connectivity index (χ3n) is 3.36. The third-order valence-corrected chi connectivity index (χ3v) is 3.36. The van der Waals surface area contributed by atoms with Gasteiger partial charge in [0.05, 0.1) is 0 Å². The van der Waals surface area contributed by atoms with Gasteiger partial charge in [-0.1, -0.05) is 25.8 Å². The Morgan fingerprint density at radius 3 is 2.45 bits per heavy atom. The number of allylic oxidation sites excluding steroid dienone is 1. The van der Waals surface area contributed by atoms with Crippen molar-refractivity contribution in [3.63, 3.8) is 0 Å². The Labute approximate surface area is 121 Å². The van der Waals surface area contributed by atoms with Crippen LogP contribution in [0.3, 0.4) is 0 Å². The molecule has 0 saturated carbocycles. The number of halogens is 2. The first kappa shape index (κ1) is 16.8. The summed E-state index contributed by atoms with van der Waals surface area (Å²) in [6, 6.07) is 4.04. The molecule has 20 heavy (non-hydrogen) atoms. The Morgan fingerprint density at radius 1 is 1.15 bits per heavy atom. The van der Waals surface area contributed by atoms with Crippen molar-refractivity contribution in [2.75, 3.05) is 6.54 Å². The van der Waals surface area contributed by atoms with Crippen LogP contribution in [0.4, 0.5) is 8.78 Å². The summed E-state index contributed by atoms with van der Waals surface area (Å²) in [6.45, 7) is 6.63. The zero-order valence-electron chi connectivity index (χ0n) is 12.3. The van der Waals surface area contributed by atoms with E-state index in [-0.39, 0.29) is 6.04 Å². The third kappa shape index (κ3) is 6.80. The molecule has 1 nitrogen and oxygen atoms in total. The number of hydrogen-bond acceptors (Lipinski definition) is 1. The smallest absolute Gasteiger partial charge is 0.126 e. The molecule has 0 aliphatic rings. The Bertz CT molecular complexity index is 384. The molecule has 112 valence electrons. The highest BCUT2D eigenvalue weighted by Crippen LogP contribution is 2.14. The van der Waals surface area contributed by atoms with E-state index in [0.29, 0.717) is 6.42 Å². The molecule has 0 saturated heterocycles. The van der Waals surface area contributed by atoms with Crippen LogP contribution in [0.1, 0.15) is 44.6 Å². The average Bonchev–Trinajstić information content (AvgIpc) is 2.37. The Balaban J connectivity index is 2.46. The van der Waals surface area contributed by atoms with Crippen LogP contribution in [0.25, 0.3) is 0 Å². The average molecular weight is 281 g/mol. The predicted octanol–water partition coefficient (Wildman–Crippen LogP) is 4.62. The maximum absolute atomic E-state index is 13.2. The first-order valence-corrected chi connectivity index (χ1v) is 7.45. The van der Waals surface area contributed by atoms with E-state index < -0.39 is 11.6 Å². The molecule has 0 aromatic heterocycles. The van der Waals surface area contributed by atoms with Crippen molar-refractivity contribution in [1.29, 1.82) is 0 Å². The van der Waals surface area contributed by atoms with Crippen molar-refractivity contribution in [3.8, 4) is 0 Å². The van der Waals surface area contributed by atoms with Gasteiger partial charge in [0.2, 0.25) is 0 Å². The molecule has 0 aliphatic heterocycles. The molecule has 0 bridgehead atoms. The van der Waals surface area contributed by atoms with E-state index in [0.717, 1.165) is 43.9 Å². The Kier molecular flexibility index (Phi) is 8.12. The second-order valence-corrected chi connectivity index (χ2v) is 5.16. The molecule has 0 aliphatic carbocycles. The minimum Gasteiger partial charge on any atom is -0.314 e. The molecule has 1 atom stereocenters.